The summed E-state index contributed by atoms with van der Waals surface area (Å²) in [5, 5.41) is 6.83. The number of hydrazone groups is 1. The Morgan fingerprint density at radius 1 is 1.21 bits per heavy atom. The van der Waals surface area contributed by atoms with Crippen molar-refractivity contribution in [1.29, 1.82) is 0 Å². The van der Waals surface area contributed by atoms with E-state index in [1.54, 1.807) is 0 Å². The summed E-state index contributed by atoms with van der Waals surface area (Å²) in [6.45, 7) is 0.536. The fourth-order valence-corrected chi connectivity index (χ4v) is 2.40. The van der Waals surface area contributed by atoms with Gasteiger partial charge in [-0.3, -0.25) is 20.0 Å². The standard InChI is InChI=1S/C17H17N5O2/c23-16(15-11-18-8-9-19-15)13-10-14(22-21-13)17(24)20-7-6-12-4-2-1-3-5-12/h1-5,8-9,11,14,22H,6-7,10H2,(H,20,24). The maximum absolute atomic E-state index is 12.2. The van der Waals surface area contributed by atoms with E-state index >= 15 is 0 Å². The number of hydrogen-bond donors (Lipinski definition) is 2. The molecule has 7 nitrogen and oxygen atoms in total. The molecule has 0 saturated heterocycles. The van der Waals surface area contributed by atoms with Gasteiger partial charge in [0.2, 0.25) is 11.7 Å². The fourth-order valence-electron chi connectivity index (χ4n) is 2.40. The quantitative estimate of drug-likeness (QED) is 0.764. The molecule has 1 amide bonds. The van der Waals surface area contributed by atoms with Crippen molar-refractivity contribution >= 4 is 17.4 Å². The molecule has 1 aromatic carbocycles. The van der Waals surface area contributed by atoms with E-state index in [4.69, 9.17) is 0 Å². The Bertz CT molecular complexity index is 746. The molecule has 0 aliphatic carbocycles. The van der Waals surface area contributed by atoms with Gasteiger partial charge < -0.3 is 5.32 Å². The number of nitrogens with zero attached hydrogens (tertiary/aromatic N) is 3. The van der Waals surface area contributed by atoms with Gasteiger partial charge in [0, 0.05) is 25.4 Å². The monoisotopic (exact) mass is 323 g/mol. The van der Waals surface area contributed by atoms with Gasteiger partial charge in [0.05, 0.1) is 6.20 Å². The molecule has 2 aromatic rings. The first kappa shape index (κ1) is 15.8. The second-order valence-electron chi connectivity index (χ2n) is 5.39. The van der Waals surface area contributed by atoms with Crippen molar-refractivity contribution < 1.29 is 9.59 Å². The lowest BCUT2D eigenvalue weighted by molar-refractivity contribution is -0.122. The van der Waals surface area contributed by atoms with E-state index in [9.17, 15) is 9.59 Å². The van der Waals surface area contributed by atoms with E-state index in [2.05, 4.69) is 25.8 Å². The molecule has 0 bridgehead atoms. The van der Waals surface area contributed by atoms with Gasteiger partial charge in [-0.1, -0.05) is 30.3 Å². The van der Waals surface area contributed by atoms with Crippen LogP contribution in [0, 0.1) is 0 Å². The zero-order chi connectivity index (χ0) is 16.8. The highest BCUT2D eigenvalue weighted by molar-refractivity contribution is 6.46. The average molecular weight is 323 g/mol. The number of rotatable bonds is 6. The van der Waals surface area contributed by atoms with Crippen molar-refractivity contribution in [2.75, 3.05) is 6.54 Å². The summed E-state index contributed by atoms with van der Waals surface area (Å²) in [7, 11) is 0. The third kappa shape index (κ3) is 3.81. The van der Waals surface area contributed by atoms with Gasteiger partial charge >= 0.3 is 0 Å². The van der Waals surface area contributed by atoms with Crippen LogP contribution in [0.4, 0.5) is 0 Å². The van der Waals surface area contributed by atoms with Gasteiger partial charge in [0.1, 0.15) is 17.4 Å². The highest BCUT2D eigenvalue weighted by Crippen LogP contribution is 2.08. The second kappa shape index (κ2) is 7.45. The summed E-state index contributed by atoms with van der Waals surface area (Å²) in [6.07, 6.45) is 5.33. The maximum Gasteiger partial charge on any atom is 0.244 e. The van der Waals surface area contributed by atoms with Gasteiger partial charge in [0.15, 0.2) is 0 Å². The summed E-state index contributed by atoms with van der Waals surface area (Å²) in [5.41, 5.74) is 4.39. The molecular formula is C17H17N5O2. The van der Waals surface area contributed by atoms with Gasteiger partial charge in [0.25, 0.3) is 0 Å². The highest BCUT2D eigenvalue weighted by atomic mass is 16.2. The number of benzene rings is 1. The smallest absolute Gasteiger partial charge is 0.244 e. The van der Waals surface area contributed by atoms with Crippen molar-refractivity contribution in [3.05, 3.63) is 60.2 Å². The molecule has 2 heterocycles. The topological polar surface area (TPSA) is 96.3 Å². The lowest BCUT2D eigenvalue weighted by atomic mass is 10.1. The van der Waals surface area contributed by atoms with Crippen molar-refractivity contribution in [1.82, 2.24) is 20.7 Å². The first-order valence-electron chi connectivity index (χ1n) is 7.68. The molecule has 1 atom stereocenters. The predicted molar refractivity (Wildman–Crippen MR) is 88.5 cm³/mol. The number of amides is 1. The van der Waals surface area contributed by atoms with Gasteiger partial charge in [-0.05, 0) is 12.0 Å². The number of aromatic nitrogens is 2. The molecule has 1 aliphatic rings. The van der Waals surface area contributed by atoms with Crippen LogP contribution in [-0.2, 0) is 11.2 Å². The summed E-state index contributed by atoms with van der Waals surface area (Å²) >= 11 is 0. The van der Waals surface area contributed by atoms with Gasteiger partial charge in [-0.15, -0.1) is 0 Å². The Morgan fingerprint density at radius 2 is 2.04 bits per heavy atom. The van der Waals surface area contributed by atoms with Crippen molar-refractivity contribution in [3.8, 4) is 0 Å². The number of nitrogens with one attached hydrogen (secondary N) is 2. The normalized spacial score (nSPS) is 16.2. The Morgan fingerprint density at radius 3 is 2.79 bits per heavy atom. The van der Waals surface area contributed by atoms with Crippen LogP contribution < -0.4 is 10.7 Å². The van der Waals surface area contributed by atoms with Crippen LogP contribution >= 0.6 is 0 Å². The Hall–Kier alpha value is -3.09. The van der Waals surface area contributed by atoms with Crippen LogP contribution in [0.25, 0.3) is 0 Å². The van der Waals surface area contributed by atoms with Crippen LogP contribution in [0.3, 0.4) is 0 Å². The van der Waals surface area contributed by atoms with Gasteiger partial charge in [-0.2, -0.15) is 5.10 Å². The predicted octanol–water partition coefficient (Wildman–Crippen LogP) is 0.736. The molecule has 0 fully saturated rings. The Kier molecular flexibility index (Phi) is 4.90. The number of ketones is 1. The minimum Gasteiger partial charge on any atom is -0.354 e. The number of carbonyl (C=O) groups is 2. The first-order valence-corrected chi connectivity index (χ1v) is 7.68. The van der Waals surface area contributed by atoms with Crippen LogP contribution in [0.15, 0.2) is 54.0 Å². The molecule has 0 spiro atoms. The summed E-state index contributed by atoms with van der Waals surface area (Å²) < 4.78 is 0. The van der Waals surface area contributed by atoms with Crippen molar-refractivity contribution in [2.24, 2.45) is 5.10 Å². The lowest BCUT2D eigenvalue weighted by Crippen LogP contribution is -2.41. The summed E-state index contributed by atoms with van der Waals surface area (Å²) in [4.78, 5) is 32.2. The highest BCUT2D eigenvalue weighted by Gasteiger charge is 2.29. The molecule has 1 unspecified atom stereocenters. The molecule has 3 rings (SSSR count). The van der Waals surface area contributed by atoms with Crippen LogP contribution in [0.1, 0.15) is 22.5 Å². The SMILES string of the molecule is O=C(C1=NNC(C(=O)NCCc2ccccc2)C1)c1cnccn1. The maximum atomic E-state index is 12.2. The molecule has 7 heteroatoms. The van der Waals surface area contributed by atoms with E-state index in [1.807, 2.05) is 30.3 Å². The first-order chi connectivity index (χ1) is 11.7. The molecule has 1 aliphatic heterocycles. The number of hydrogen-bond acceptors (Lipinski definition) is 6. The zero-order valence-electron chi connectivity index (χ0n) is 13.0. The fraction of sp³-hybridized carbons (Fsp3) is 0.235. The van der Waals surface area contributed by atoms with E-state index in [-0.39, 0.29) is 23.8 Å². The molecule has 0 radical (unpaired) electrons. The van der Waals surface area contributed by atoms with Gasteiger partial charge in [-0.25, -0.2) is 4.98 Å². The molecule has 24 heavy (non-hydrogen) atoms. The minimum absolute atomic E-state index is 0.170. The van der Waals surface area contributed by atoms with Crippen LogP contribution in [0.2, 0.25) is 0 Å². The third-order valence-corrected chi connectivity index (χ3v) is 3.68. The Balaban J connectivity index is 1.48. The molecule has 122 valence electrons. The lowest BCUT2D eigenvalue weighted by Gasteiger charge is -2.10. The van der Waals surface area contributed by atoms with E-state index < -0.39 is 6.04 Å². The Labute approximate surface area is 139 Å². The average Bonchev–Trinajstić information content (AvgIpc) is 3.13. The molecule has 0 saturated carbocycles. The van der Waals surface area contributed by atoms with Crippen molar-refractivity contribution in [3.63, 3.8) is 0 Å². The summed E-state index contributed by atoms with van der Waals surface area (Å²) in [5.74, 6) is -0.480. The van der Waals surface area contributed by atoms with Crippen molar-refractivity contribution in [2.45, 2.75) is 18.9 Å². The van der Waals surface area contributed by atoms with E-state index in [0.29, 0.717) is 12.3 Å². The molecular weight excluding hydrogens is 306 g/mol. The summed E-state index contributed by atoms with van der Waals surface area (Å²) in [6, 6.07) is 9.39. The molecule has 2 N–H and O–H groups in total. The molecule has 1 aromatic heterocycles. The third-order valence-electron chi connectivity index (χ3n) is 3.68. The zero-order valence-corrected chi connectivity index (χ0v) is 13.0. The number of Topliss-reactive ketones (excluding diaryl/α,β-unsaturated/α-hetero) is 1. The number of carbonyl (C=O) groups excluding carboxylic acids is 2. The van der Waals surface area contributed by atoms with Crippen LogP contribution in [-0.4, -0.2) is 40.0 Å². The van der Waals surface area contributed by atoms with E-state index in [0.717, 1.165) is 12.0 Å². The second-order valence-corrected chi connectivity index (χ2v) is 5.39. The van der Waals surface area contributed by atoms with E-state index in [1.165, 1.54) is 18.6 Å². The van der Waals surface area contributed by atoms with Crippen LogP contribution in [0.5, 0.6) is 0 Å². The minimum atomic E-state index is -0.531. The largest absolute Gasteiger partial charge is 0.354 e.